The molecule has 1 heterocycles. The standard InChI is InChI=1S/C22H14F4NOP/c23-14-5-9-16(10-6-14)29(28,17-11-7-15(24)8-12-17)21-13-19(22(25)26)18-3-1-2-4-20(18)27-21/h1-13,22H. The zero-order valence-electron chi connectivity index (χ0n) is 14.9. The van der Waals surface area contributed by atoms with E-state index in [-0.39, 0.29) is 32.5 Å². The Balaban J connectivity index is 2.05. The summed E-state index contributed by atoms with van der Waals surface area (Å²) in [5, 5.41) is 0.693. The summed E-state index contributed by atoms with van der Waals surface area (Å²) in [7, 11) is -3.76. The highest BCUT2D eigenvalue weighted by molar-refractivity contribution is 7.85. The van der Waals surface area contributed by atoms with Gasteiger partial charge in [0.2, 0.25) is 0 Å². The predicted molar refractivity (Wildman–Crippen MR) is 106 cm³/mol. The van der Waals surface area contributed by atoms with Gasteiger partial charge in [0.25, 0.3) is 6.43 Å². The number of rotatable bonds is 4. The Labute approximate surface area is 164 Å². The Kier molecular flexibility index (Phi) is 4.97. The van der Waals surface area contributed by atoms with Gasteiger partial charge >= 0.3 is 0 Å². The third-order valence-corrected chi connectivity index (χ3v) is 7.60. The highest BCUT2D eigenvalue weighted by atomic mass is 31.2. The van der Waals surface area contributed by atoms with Crippen molar-refractivity contribution in [1.82, 2.24) is 4.98 Å². The van der Waals surface area contributed by atoms with Crippen LogP contribution in [-0.2, 0) is 4.57 Å². The van der Waals surface area contributed by atoms with Crippen LogP contribution in [0.1, 0.15) is 12.0 Å². The minimum atomic E-state index is -3.76. The molecule has 0 unspecified atom stereocenters. The van der Waals surface area contributed by atoms with Crippen LogP contribution in [0.3, 0.4) is 0 Å². The molecule has 3 aromatic carbocycles. The third-order valence-electron chi connectivity index (χ3n) is 4.67. The van der Waals surface area contributed by atoms with Gasteiger partial charge in [0.05, 0.1) is 5.52 Å². The lowest BCUT2D eigenvalue weighted by molar-refractivity contribution is 0.153. The summed E-state index contributed by atoms with van der Waals surface area (Å²) in [5.41, 5.74) is -0.0930. The van der Waals surface area contributed by atoms with Crippen LogP contribution in [-0.4, -0.2) is 4.98 Å². The first-order chi connectivity index (χ1) is 13.9. The molecule has 0 N–H and O–H groups in total. The van der Waals surface area contributed by atoms with Crippen molar-refractivity contribution in [1.29, 1.82) is 0 Å². The third kappa shape index (κ3) is 3.45. The first kappa shape index (κ1) is 19.3. The Morgan fingerprint density at radius 1 is 0.759 bits per heavy atom. The first-order valence-electron chi connectivity index (χ1n) is 8.70. The second-order valence-electron chi connectivity index (χ2n) is 6.45. The SMILES string of the molecule is O=P(c1ccc(F)cc1)(c1ccc(F)cc1)c1cc(C(F)F)c2ccccc2n1. The molecule has 7 heteroatoms. The molecule has 0 amide bonds. The molecule has 146 valence electrons. The molecular weight excluding hydrogens is 401 g/mol. The van der Waals surface area contributed by atoms with Crippen LogP contribution in [0.5, 0.6) is 0 Å². The summed E-state index contributed by atoms with van der Waals surface area (Å²) in [6, 6.07) is 17.4. The molecule has 0 bridgehead atoms. The van der Waals surface area contributed by atoms with Crippen molar-refractivity contribution in [3.63, 3.8) is 0 Å². The molecule has 0 radical (unpaired) electrons. The average Bonchev–Trinajstić information content (AvgIpc) is 2.73. The van der Waals surface area contributed by atoms with E-state index in [4.69, 9.17) is 0 Å². The molecule has 0 aliphatic rings. The van der Waals surface area contributed by atoms with Crippen molar-refractivity contribution >= 4 is 34.1 Å². The van der Waals surface area contributed by atoms with Crippen molar-refractivity contribution in [3.8, 4) is 0 Å². The molecule has 0 atom stereocenters. The maximum absolute atomic E-state index is 14.3. The van der Waals surface area contributed by atoms with Gasteiger partial charge in [0, 0.05) is 21.6 Å². The van der Waals surface area contributed by atoms with E-state index in [0.29, 0.717) is 0 Å². The zero-order chi connectivity index (χ0) is 20.6. The van der Waals surface area contributed by atoms with Crippen molar-refractivity contribution in [3.05, 3.63) is 96.1 Å². The van der Waals surface area contributed by atoms with Gasteiger partial charge in [-0.2, -0.15) is 0 Å². The lowest BCUT2D eigenvalue weighted by atomic mass is 10.1. The van der Waals surface area contributed by atoms with Crippen LogP contribution in [0, 0.1) is 11.6 Å². The maximum atomic E-state index is 14.3. The van der Waals surface area contributed by atoms with Crippen LogP contribution in [0.2, 0.25) is 0 Å². The quantitative estimate of drug-likeness (QED) is 0.343. The van der Waals surface area contributed by atoms with E-state index in [1.54, 1.807) is 18.2 Å². The van der Waals surface area contributed by atoms with Crippen LogP contribution < -0.4 is 16.0 Å². The van der Waals surface area contributed by atoms with E-state index in [1.807, 2.05) is 0 Å². The van der Waals surface area contributed by atoms with Gasteiger partial charge in [-0.1, -0.05) is 18.2 Å². The lowest BCUT2D eigenvalue weighted by Crippen LogP contribution is -2.27. The van der Waals surface area contributed by atoms with Gasteiger partial charge in [0.15, 0.2) is 7.14 Å². The predicted octanol–water partition coefficient (Wildman–Crippen LogP) is 5.09. The Hall–Kier alpha value is -2.98. The smallest absolute Gasteiger partial charge is 0.264 e. The molecule has 0 fully saturated rings. The van der Waals surface area contributed by atoms with E-state index >= 15 is 0 Å². The Morgan fingerprint density at radius 3 is 1.79 bits per heavy atom. The van der Waals surface area contributed by atoms with E-state index in [1.165, 1.54) is 30.3 Å². The Bertz CT molecular complexity index is 1170. The summed E-state index contributed by atoms with van der Waals surface area (Å²) >= 11 is 0. The monoisotopic (exact) mass is 415 g/mol. The van der Waals surface area contributed by atoms with E-state index in [9.17, 15) is 22.1 Å². The van der Waals surface area contributed by atoms with Gasteiger partial charge < -0.3 is 4.57 Å². The lowest BCUT2D eigenvalue weighted by Gasteiger charge is -2.20. The minimum Gasteiger partial charge on any atom is -0.307 e. The van der Waals surface area contributed by atoms with Gasteiger partial charge in [0.1, 0.15) is 17.1 Å². The molecule has 2 nitrogen and oxygen atoms in total. The average molecular weight is 415 g/mol. The summed E-state index contributed by atoms with van der Waals surface area (Å²) < 4.78 is 68.7. The Morgan fingerprint density at radius 2 is 1.28 bits per heavy atom. The molecule has 1 aromatic heterocycles. The highest BCUT2D eigenvalue weighted by Crippen LogP contribution is 2.43. The van der Waals surface area contributed by atoms with Crippen molar-refractivity contribution in [2.24, 2.45) is 0 Å². The summed E-state index contributed by atoms with van der Waals surface area (Å²) in [6.07, 6.45) is -2.81. The van der Waals surface area contributed by atoms with E-state index < -0.39 is 25.2 Å². The molecule has 0 saturated heterocycles. The number of nitrogens with zero attached hydrogens (tertiary/aromatic N) is 1. The number of halogens is 4. The van der Waals surface area contributed by atoms with Crippen LogP contribution >= 0.6 is 7.14 Å². The number of hydrogen-bond acceptors (Lipinski definition) is 2. The zero-order valence-corrected chi connectivity index (χ0v) is 15.8. The molecule has 0 saturated carbocycles. The fourth-order valence-electron chi connectivity index (χ4n) is 3.25. The van der Waals surface area contributed by atoms with Gasteiger partial charge in [-0.05, 0) is 60.7 Å². The van der Waals surface area contributed by atoms with E-state index in [2.05, 4.69) is 4.98 Å². The van der Waals surface area contributed by atoms with Crippen molar-refractivity contribution < 1.29 is 22.1 Å². The van der Waals surface area contributed by atoms with Crippen LogP contribution in [0.15, 0.2) is 78.9 Å². The van der Waals surface area contributed by atoms with Crippen molar-refractivity contribution in [2.45, 2.75) is 6.43 Å². The maximum Gasteiger partial charge on any atom is 0.264 e. The number of alkyl halides is 2. The highest BCUT2D eigenvalue weighted by Gasteiger charge is 2.33. The molecule has 0 aliphatic heterocycles. The summed E-state index contributed by atoms with van der Waals surface area (Å²) in [5.74, 6) is -1.06. The first-order valence-corrected chi connectivity index (χ1v) is 10.4. The number of fused-ring (bicyclic) bond motifs is 1. The molecule has 29 heavy (non-hydrogen) atoms. The van der Waals surface area contributed by atoms with Crippen LogP contribution in [0.25, 0.3) is 10.9 Å². The molecular formula is C22H14F4NOP. The van der Waals surface area contributed by atoms with Crippen molar-refractivity contribution in [2.75, 3.05) is 0 Å². The number of aromatic nitrogens is 1. The van der Waals surface area contributed by atoms with Crippen LogP contribution in [0.4, 0.5) is 17.6 Å². The normalized spacial score (nSPS) is 11.9. The van der Waals surface area contributed by atoms with E-state index in [0.717, 1.165) is 30.3 Å². The number of para-hydroxylation sites is 1. The molecule has 4 rings (SSSR count). The number of pyridine rings is 1. The summed E-state index contributed by atoms with van der Waals surface area (Å²) in [6.45, 7) is 0. The number of benzene rings is 3. The second-order valence-corrected chi connectivity index (χ2v) is 9.16. The fraction of sp³-hybridized carbons (Fsp3) is 0.0455. The fourth-order valence-corrected chi connectivity index (χ4v) is 5.78. The minimum absolute atomic E-state index is 0.0651. The van der Waals surface area contributed by atoms with Gasteiger partial charge in [-0.3, -0.25) is 0 Å². The van der Waals surface area contributed by atoms with Gasteiger partial charge in [-0.15, -0.1) is 0 Å². The number of hydrogen-bond donors (Lipinski definition) is 0. The molecule has 0 spiro atoms. The summed E-state index contributed by atoms with van der Waals surface area (Å²) in [4.78, 5) is 4.40. The van der Waals surface area contributed by atoms with Gasteiger partial charge in [-0.25, -0.2) is 22.5 Å². The molecule has 4 aromatic rings. The largest absolute Gasteiger partial charge is 0.307 e. The topological polar surface area (TPSA) is 30.0 Å². The second kappa shape index (κ2) is 7.45. The molecule has 0 aliphatic carbocycles.